The van der Waals surface area contributed by atoms with E-state index in [0.29, 0.717) is 33.2 Å². The maximum absolute atomic E-state index is 13.9. The minimum atomic E-state index is -1.61. The highest BCUT2D eigenvalue weighted by Crippen LogP contribution is 2.43. The molecule has 4 amide bonds. The van der Waals surface area contributed by atoms with Crippen molar-refractivity contribution in [1.82, 2.24) is 20.6 Å². The molecule has 0 aromatic heterocycles. The van der Waals surface area contributed by atoms with Crippen LogP contribution in [0.15, 0.2) is 60.7 Å². The number of aliphatic hydroxyl groups excluding tert-OH is 1. The molecule has 5 atom stereocenters. The standard InChI is InChI=1S/C51H62N4O19/c1-29(56)70-39-27-40(47(61)65-8)73-48(43(39)71-30(2)57)72-38-15-13-31(25-36(38)44(58)52-17-20-66-21-22-67-23-24-69-53-49(62)74-51(3,4)5)28-68-50(63)54(6)18-19-55-45(59)34-14-16-37(64-7)35-26-32-11-9-10-12-33(32)42(41(34)35)46(55)60/h9-16,25-26,39-40,43,46,48,60H,17-24,27-28H2,1-8H3,(H,52,58)(H,53,62)/t39-,40-,43+,46?,48+/m0/s1. The van der Waals surface area contributed by atoms with Gasteiger partial charge in [-0.2, -0.15) is 5.48 Å². The lowest BCUT2D eigenvalue weighted by Gasteiger charge is -2.39. The third-order valence-corrected chi connectivity index (χ3v) is 11.4. The van der Waals surface area contributed by atoms with Gasteiger partial charge >= 0.3 is 30.1 Å². The molecule has 74 heavy (non-hydrogen) atoms. The number of esters is 3. The van der Waals surface area contributed by atoms with E-state index < -0.39 is 78.3 Å². The van der Waals surface area contributed by atoms with Gasteiger partial charge in [-0.25, -0.2) is 14.4 Å². The Morgan fingerprint density at radius 2 is 1.57 bits per heavy atom. The lowest BCUT2D eigenvalue weighted by Crippen LogP contribution is -2.56. The lowest BCUT2D eigenvalue weighted by atomic mass is 9.88. The summed E-state index contributed by atoms with van der Waals surface area (Å²) in [7, 11) is 4.14. The molecule has 6 rings (SSSR count). The van der Waals surface area contributed by atoms with Crippen LogP contribution in [0.5, 0.6) is 11.5 Å². The molecule has 0 radical (unpaired) electrons. The van der Waals surface area contributed by atoms with E-state index in [2.05, 4.69) is 10.8 Å². The summed E-state index contributed by atoms with van der Waals surface area (Å²) in [6.07, 6.45) is -8.68. The zero-order valence-corrected chi connectivity index (χ0v) is 42.4. The average molecular weight is 1040 g/mol. The Balaban J connectivity index is 1.11. The first-order valence-corrected chi connectivity index (χ1v) is 23.6. The summed E-state index contributed by atoms with van der Waals surface area (Å²) < 4.78 is 55.2. The van der Waals surface area contributed by atoms with Crippen LogP contribution in [0.25, 0.3) is 21.5 Å². The number of likely N-dealkylation sites (N-methyl/N-ethyl adjacent to an activating group) is 1. The summed E-state index contributed by atoms with van der Waals surface area (Å²) in [4.78, 5) is 97.7. The summed E-state index contributed by atoms with van der Waals surface area (Å²) in [5.74, 6) is -3.06. The van der Waals surface area contributed by atoms with Crippen molar-refractivity contribution in [2.45, 2.75) is 84.1 Å². The minimum Gasteiger partial charge on any atom is -0.496 e. The molecule has 1 saturated heterocycles. The molecule has 23 nitrogen and oxygen atoms in total. The van der Waals surface area contributed by atoms with Gasteiger partial charge in [0.1, 0.15) is 29.8 Å². The SMILES string of the molecule is COC(=O)[C@@H]1C[C@H](OC(C)=O)[C@@H](OC(C)=O)[C@H](Oc2ccc(COC(=O)N(C)CCN3C(=O)c4ccc(OC)c5cc6ccccc6c(c45)C3O)cc2C(=O)NCCOCCOCCONC(=O)OC(C)(C)C)O1. The van der Waals surface area contributed by atoms with Gasteiger partial charge in [0.2, 0.25) is 12.4 Å². The summed E-state index contributed by atoms with van der Waals surface area (Å²) in [6.45, 7) is 7.49. The van der Waals surface area contributed by atoms with E-state index in [0.717, 1.165) is 31.7 Å². The van der Waals surface area contributed by atoms with Crippen LogP contribution in [0, 0.1) is 0 Å². The second-order valence-electron chi connectivity index (χ2n) is 18.0. The topological polar surface area (TPSA) is 272 Å². The number of fused-ring (bicyclic) bond motifs is 2. The first kappa shape index (κ1) is 56.0. The highest BCUT2D eigenvalue weighted by atomic mass is 16.7. The molecule has 23 heteroatoms. The van der Waals surface area contributed by atoms with Gasteiger partial charge in [-0.1, -0.05) is 30.3 Å². The van der Waals surface area contributed by atoms with Crippen molar-refractivity contribution >= 4 is 63.5 Å². The molecule has 2 aliphatic rings. The van der Waals surface area contributed by atoms with Gasteiger partial charge in [0.05, 0.1) is 52.8 Å². The third kappa shape index (κ3) is 14.5. The quantitative estimate of drug-likeness (QED) is 0.0322. The van der Waals surface area contributed by atoms with Gasteiger partial charge in [0.15, 0.2) is 12.3 Å². The second-order valence-corrected chi connectivity index (χ2v) is 18.0. The Labute approximate surface area is 426 Å². The fraction of sp³-hybridized carbons (Fsp3) is 0.471. The average Bonchev–Trinajstić information content (AvgIpc) is 3.35. The monoisotopic (exact) mass is 1030 g/mol. The molecule has 0 saturated carbocycles. The van der Waals surface area contributed by atoms with Gasteiger partial charge in [-0.3, -0.25) is 24.0 Å². The molecular weight excluding hydrogens is 973 g/mol. The zero-order chi connectivity index (χ0) is 53.7. The van der Waals surface area contributed by atoms with Gasteiger partial charge in [0, 0.05) is 68.8 Å². The van der Waals surface area contributed by atoms with Crippen molar-refractivity contribution in [2.24, 2.45) is 0 Å². The number of ether oxygens (including phenoxy) is 10. The van der Waals surface area contributed by atoms with E-state index in [1.54, 1.807) is 32.9 Å². The summed E-state index contributed by atoms with van der Waals surface area (Å²) in [5, 5.41) is 17.4. The Hall–Kier alpha value is -7.31. The normalized spacial score (nSPS) is 18.3. The number of carbonyl (C=O) groups is 7. The van der Waals surface area contributed by atoms with Gasteiger partial charge in [-0.15, -0.1) is 0 Å². The number of carbonyl (C=O) groups excluding carboxylic acids is 7. The number of hydrogen-bond donors (Lipinski definition) is 3. The van der Waals surface area contributed by atoms with Crippen LogP contribution in [-0.4, -0.2) is 161 Å². The van der Waals surface area contributed by atoms with Gasteiger partial charge in [0.25, 0.3) is 11.8 Å². The van der Waals surface area contributed by atoms with Crippen LogP contribution in [0.4, 0.5) is 9.59 Å². The van der Waals surface area contributed by atoms with Crippen molar-refractivity contribution in [3.63, 3.8) is 0 Å². The highest BCUT2D eigenvalue weighted by Gasteiger charge is 2.47. The highest BCUT2D eigenvalue weighted by molar-refractivity contribution is 6.16. The number of rotatable bonds is 22. The molecule has 2 heterocycles. The van der Waals surface area contributed by atoms with Crippen LogP contribution in [0.3, 0.4) is 0 Å². The number of aliphatic hydroxyl groups is 1. The van der Waals surface area contributed by atoms with Crippen molar-refractivity contribution in [3.8, 4) is 11.5 Å². The van der Waals surface area contributed by atoms with E-state index in [9.17, 15) is 38.7 Å². The Kier molecular flexibility index (Phi) is 19.3. The molecule has 4 aromatic rings. The molecule has 2 aliphatic heterocycles. The van der Waals surface area contributed by atoms with Crippen molar-refractivity contribution in [3.05, 3.63) is 82.9 Å². The minimum absolute atomic E-state index is 0.000487. The number of hydrogen-bond acceptors (Lipinski definition) is 19. The van der Waals surface area contributed by atoms with E-state index in [1.165, 1.54) is 42.2 Å². The van der Waals surface area contributed by atoms with Crippen molar-refractivity contribution in [1.29, 1.82) is 0 Å². The maximum Gasteiger partial charge on any atom is 0.431 e. The molecule has 400 valence electrons. The van der Waals surface area contributed by atoms with Gasteiger partial charge < -0.3 is 67.6 Å². The predicted molar refractivity (Wildman–Crippen MR) is 260 cm³/mol. The van der Waals surface area contributed by atoms with Crippen molar-refractivity contribution in [2.75, 3.05) is 73.9 Å². The number of amides is 4. The molecule has 0 bridgehead atoms. The van der Waals surface area contributed by atoms with E-state index in [1.807, 2.05) is 30.3 Å². The first-order valence-electron chi connectivity index (χ1n) is 23.6. The molecule has 0 spiro atoms. The van der Waals surface area contributed by atoms with E-state index in [-0.39, 0.29) is 77.0 Å². The predicted octanol–water partition coefficient (Wildman–Crippen LogP) is 4.47. The molecule has 4 aromatic carbocycles. The molecular formula is C51H62N4O19. The largest absolute Gasteiger partial charge is 0.496 e. The molecule has 0 aliphatic carbocycles. The maximum atomic E-state index is 13.9. The molecule has 3 N–H and O–H groups in total. The number of hydroxylamine groups is 1. The Morgan fingerprint density at radius 3 is 2.27 bits per heavy atom. The van der Waals surface area contributed by atoms with Crippen LogP contribution in [0.1, 0.15) is 79.1 Å². The Bertz CT molecular complexity index is 2690. The number of benzene rings is 4. The number of methoxy groups -OCH3 is 2. The number of nitrogens with one attached hydrogen (secondary N) is 2. The lowest BCUT2D eigenvalue weighted by molar-refractivity contribution is -0.251. The summed E-state index contributed by atoms with van der Waals surface area (Å²) in [5.41, 5.74) is 2.60. The van der Waals surface area contributed by atoms with Crippen LogP contribution in [0.2, 0.25) is 0 Å². The third-order valence-electron chi connectivity index (χ3n) is 11.4. The van der Waals surface area contributed by atoms with E-state index in [4.69, 9.17) is 52.2 Å². The summed E-state index contributed by atoms with van der Waals surface area (Å²) >= 11 is 0. The smallest absolute Gasteiger partial charge is 0.431 e. The summed E-state index contributed by atoms with van der Waals surface area (Å²) in [6, 6.07) is 17.1. The van der Waals surface area contributed by atoms with E-state index >= 15 is 0 Å². The first-order chi connectivity index (χ1) is 35.3. The second kappa shape index (κ2) is 25.6. The van der Waals surface area contributed by atoms with Crippen LogP contribution in [-0.2, 0) is 63.7 Å². The Morgan fingerprint density at radius 1 is 0.865 bits per heavy atom. The molecule has 1 fully saturated rings. The fourth-order valence-corrected chi connectivity index (χ4v) is 8.15. The molecule has 1 unspecified atom stereocenters. The number of nitrogens with zero attached hydrogens (tertiary/aromatic N) is 2. The zero-order valence-electron chi connectivity index (χ0n) is 42.4. The fourth-order valence-electron chi connectivity index (χ4n) is 8.15. The van der Waals surface area contributed by atoms with Crippen molar-refractivity contribution < 1.29 is 90.9 Å². The van der Waals surface area contributed by atoms with Gasteiger partial charge in [-0.05, 0) is 67.4 Å². The van der Waals surface area contributed by atoms with Crippen LogP contribution < -0.4 is 20.3 Å². The van der Waals surface area contributed by atoms with Crippen LogP contribution >= 0.6 is 0 Å².